The van der Waals surface area contributed by atoms with Gasteiger partial charge in [-0.3, -0.25) is 77.2 Å². The van der Waals surface area contributed by atoms with Gasteiger partial charge in [0.1, 0.15) is 72.7 Å². The van der Waals surface area contributed by atoms with Crippen molar-refractivity contribution >= 4 is 107 Å². The van der Waals surface area contributed by atoms with E-state index in [2.05, 4.69) is 47.9 Å². The molecule has 0 aliphatic carbocycles. The van der Waals surface area contributed by atoms with Crippen molar-refractivity contribution in [2.24, 2.45) is 28.0 Å². The third-order valence-electron chi connectivity index (χ3n) is 21.4. The molecule has 4 aromatic carbocycles. The number of halogens is 4. The number of nitrogens with zero attached hydrogens (tertiary/aromatic N) is 4. The number of aliphatic carboxylic acids is 5. The molecule has 0 aliphatic heterocycles. The Morgan fingerprint density at radius 3 is 1.08 bits per heavy atom. The Kier molecular flexibility index (Phi) is 41.7. The van der Waals surface area contributed by atoms with Gasteiger partial charge in [-0.05, 0) is 109 Å². The van der Waals surface area contributed by atoms with Gasteiger partial charge < -0.3 is 114 Å². The lowest BCUT2D eigenvalue weighted by Crippen LogP contribution is -2.59. The molecule has 0 fully saturated rings. The number of carboxylic acids is 5. The molecule has 0 bridgehead atoms. The highest BCUT2D eigenvalue weighted by Gasteiger charge is 2.42. The first-order valence-electron chi connectivity index (χ1n) is 42.8. The molecule has 41 nitrogen and oxygen atoms in total. The van der Waals surface area contributed by atoms with E-state index < -0.39 is 330 Å². The number of aliphatic hydroxyl groups excluding tert-OH is 2. The highest BCUT2D eigenvalue weighted by Crippen LogP contribution is 2.44. The minimum atomic E-state index is -2.16. The first kappa shape index (κ1) is 109. The largest absolute Gasteiger partial charge is 0.481 e. The normalized spacial score (nSPS) is 13.6. The summed E-state index contributed by atoms with van der Waals surface area (Å²) in [5, 5.41) is 90.5. The quantitative estimate of drug-likeness (QED) is 0.0241. The van der Waals surface area contributed by atoms with Crippen molar-refractivity contribution in [1.29, 1.82) is 0 Å². The lowest BCUT2D eigenvalue weighted by atomic mass is 9.82. The number of rotatable bonds is 56. The van der Waals surface area contributed by atoms with Crippen LogP contribution in [-0.4, -0.2) is 249 Å². The Labute approximate surface area is 771 Å². The van der Waals surface area contributed by atoms with Crippen molar-refractivity contribution in [1.82, 2.24) is 66.8 Å². The van der Waals surface area contributed by atoms with Crippen LogP contribution in [0, 0.1) is 34.1 Å². The summed E-state index contributed by atoms with van der Waals surface area (Å²) in [6.07, 6.45) is -7.68. The number of nitrogens with one attached hydrogen (secondary N) is 9. The van der Waals surface area contributed by atoms with E-state index in [9.17, 15) is 126 Å². The second-order valence-electron chi connectivity index (χ2n) is 34.0. The SMILES string of the molecule is CC(C)(C)[C@H](c1cc(-c2cc(F)ccc2F)cn1Cc1ccccc1)N(CC[C@H](NC(=O)[C@H](CC(N)=O)NC(=O)CC[C@H](NC(=O)[C@H](CCC(N)=O)N[C@@H](CC(N)=O)C(=O)N[C@@H](CCN(C(=O)CO)[C@@H](c1cc(-c2cc(F)ccc2F)cn1Cc1ccccc1)C(C)(C)C)C(=O)NCCC(=O)N[C@H](CCC(=O)O)C(=O)O)C(=O)O)C(=O)NCCC(=O)N[C@H](CCC(=O)O)C(=O)O)C(=O)CO. The van der Waals surface area contributed by atoms with Gasteiger partial charge in [0.05, 0.1) is 37.0 Å². The van der Waals surface area contributed by atoms with E-state index in [1.807, 2.05) is 0 Å². The number of benzene rings is 4. The summed E-state index contributed by atoms with van der Waals surface area (Å²) in [5.41, 5.74) is 16.4. The van der Waals surface area contributed by atoms with Crippen LogP contribution in [0.15, 0.2) is 122 Å². The van der Waals surface area contributed by atoms with E-state index in [0.717, 1.165) is 46.2 Å². The smallest absolute Gasteiger partial charge is 0.326 e. The second kappa shape index (κ2) is 51.5. The fourth-order valence-corrected chi connectivity index (χ4v) is 15.0. The van der Waals surface area contributed by atoms with Crippen LogP contribution in [0.25, 0.3) is 22.3 Å². The number of aliphatic hydroxyl groups is 2. The van der Waals surface area contributed by atoms with Gasteiger partial charge in [-0.2, -0.15) is 0 Å². The molecule has 0 saturated carbocycles. The van der Waals surface area contributed by atoms with Gasteiger partial charge in [-0.25, -0.2) is 31.9 Å². The average molecular weight is 1900 g/mol. The zero-order chi connectivity index (χ0) is 100. The predicted octanol–water partition coefficient (Wildman–Crippen LogP) is 1.60. The van der Waals surface area contributed by atoms with Gasteiger partial charge in [0.2, 0.25) is 76.8 Å². The Morgan fingerprint density at radius 2 is 0.719 bits per heavy atom. The van der Waals surface area contributed by atoms with E-state index in [4.69, 9.17) is 22.3 Å². The lowest BCUT2D eigenvalue weighted by molar-refractivity contribution is -0.144. The summed E-state index contributed by atoms with van der Waals surface area (Å²) in [6, 6.07) is 8.08. The molecule has 13 amide bonds. The zero-order valence-electron chi connectivity index (χ0n) is 74.9. The molecule has 732 valence electrons. The number of primary amides is 3. The topological polar surface area (TPSA) is 652 Å². The molecular formula is C90H114F4N16O25. The summed E-state index contributed by atoms with van der Waals surface area (Å²) in [7, 11) is 0. The van der Waals surface area contributed by atoms with Gasteiger partial charge in [-0.15, -0.1) is 0 Å². The number of carbonyl (C=O) groups is 18. The number of aromatic nitrogens is 2. The number of amides is 13. The van der Waals surface area contributed by atoms with Crippen LogP contribution in [0.5, 0.6) is 0 Å². The van der Waals surface area contributed by atoms with Crippen molar-refractivity contribution < 1.29 is 140 Å². The number of hydrogen-bond donors (Lipinski definition) is 19. The van der Waals surface area contributed by atoms with Gasteiger partial charge in [0.15, 0.2) is 0 Å². The third kappa shape index (κ3) is 34.9. The molecule has 22 N–H and O–H groups in total. The van der Waals surface area contributed by atoms with E-state index in [1.165, 1.54) is 24.5 Å². The van der Waals surface area contributed by atoms with Crippen molar-refractivity contribution in [2.45, 2.75) is 205 Å². The maximum Gasteiger partial charge on any atom is 0.326 e. The number of nitrogens with two attached hydrogens (primary N) is 3. The van der Waals surface area contributed by atoms with Crippen molar-refractivity contribution in [3.63, 3.8) is 0 Å². The maximum absolute atomic E-state index is 15.7. The van der Waals surface area contributed by atoms with Crippen LogP contribution in [0.1, 0.15) is 166 Å². The molecule has 0 spiro atoms. The summed E-state index contributed by atoms with van der Waals surface area (Å²) < 4.78 is 64.4. The van der Waals surface area contributed by atoms with E-state index >= 15 is 8.78 Å². The monoisotopic (exact) mass is 1890 g/mol. The molecule has 135 heavy (non-hydrogen) atoms. The summed E-state index contributed by atoms with van der Waals surface area (Å²) in [5.74, 6) is -26.5. The van der Waals surface area contributed by atoms with Crippen LogP contribution >= 0.6 is 0 Å². The van der Waals surface area contributed by atoms with Crippen LogP contribution < -0.4 is 65.1 Å². The highest BCUT2D eigenvalue weighted by molar-refractivity contribution is 5.97. The Morgan fingerprint density at radius 1 is 0.378 bits per heavy atom. The van der Waals surface area contributed by atoms with Crippen LogP contribution in [-0.2, 0) is 99.4 Å². The van der Waals surface area contributed by atoms with Crippen LogP contribution in [0.3, 0.4) is 0 Å². The molecule has 45 heteroatoms. The maximum atomic E-state index is 15.7. The van der Waals surface area contributed by atoms with Crippen LogP contribution in [0.4, 0.5) is 17.6 Å². The molecule has 2 heterocycles. The second-order valence-corrected chi connectivity index (χ2v) is 34.0. The third-order valence-corrected chi connectivity index (χ3v) is 21.4. The van der Waals surface area contributed by atoms with Crippen molar-refractivity contribution in [2.75, 3.05) is 39.4 Å². The number of carbonyl (C=O) groups excluding carboxylic acids is 13. The molecule has 0 radical (unpaired) electrons. The van der Waals surface area contributed by atoms with E-state index in [0.29, 0.717) is 11.1 Å². The fraction of sp³-hybridized carbons (Fsp3) is 0.444. The molecule has 0 aliphatic rings. The minimum Gasteiger partial charge on any atom is -0.481 e. The zero-order valence-corrected chi connectivity index (χ0v) is 74.9. The Bertz CT molecular complexity index is 5260. The molecule has 0 saturated heterocycles. The van der Waals surface area contributed by atoms with Gasteiger partial charge in [0.25, 0.3) is 0 Å². The van der Waals surface area contributed by atoms with Gasteiger partial charge in [-0.1, -0.05) is 102 Å². The summed E-state index contributed by atoms with van der Waals surface area (Å²) in [6.45, 7) is 5.37. The predicted molar refractivity (Wildman–Crippen MR) is 471 cm³/mol. The Balaban J connectivity index is 1.31. The van der Waals surface area contributed by atoms with E-state index in [1.54, 1.807) is 111 Å². The molecule has 2 aromatic heterocycles. The van der Waals surface area contributed by atoms with Crippen molar-refractivity contribution in [3.05, 3.63) is 167 Å². The van der Waals surface area contributed by atoms with Gasteiger partial charge >= 0.3 is 29.8 Å². The summed E-state index contributed by atoms with van der Waals surface area (Å²) in [4.78, 5) is 243. The molecule has 0 unspecified atom stereocenters. The fourth-order valence-electron chi connectivity index (χ4n) is 15.0. The standard InChI is InChI=1S/C90H114F4N16O25/c1-89(2,3)79(67-37-51(55-39-53(91)17-19-57(55)93)45-107(67)43-49-13-9-7-10-14-49)109(75(119)47-111)35-31-60(81(125)98-33-29-73(117)101-62(86(130)131)23-27-77(121)122)104-84(128)65(41-70(96)114)100-59(21-25-69(95)113)83(127)106-64(88(134)135)22-26-72(116)103-66(42-71(97)115)85(129)105-61(82(126)99-34-30-74(118)102-63(87(132)133)24-28-78(123)124)32-36-110(76(120)48-112)80(90(4,5)6)68-38-52(56-40-54(92)18-20-58(56)94)46-108(68)44-50-15-11-8-12-16-50/h7-20,37-40,45-46,59-66,79-80,100,111-112H,21-36,41-44,47-48H2,1-6H3,(H2,95,113)(H2,96,114)(H2,97,115)(H,98,125)(H,99,126)(H,101,117)(H,102,118)(H,103,116)(H,104,128)(H,105,129)(H,106,127)(H,121,122)(H,123,124)(H,130,131)(H,132,133)(H,134,135)/t59-,60-,61-,62+,63+,64-,65-,66-,79-,80-/m0/s1. The molecule has 6 rings (SSSR count). The molecular weight excluding hydrogens is 1780 g/mol. The highest BCUT2D eigenvalue weighted by atomic mass is 19.1. The van der Waals surface area contributed by atoms with Crippen molar-refractivity contribution in [3.8, 4) is 22.3 Å². The Hall–Kier alpha value is -14.5. The first-order chi connectivity index (χ1) is 63.5. The number of carboxylic acid groups (broad SMARTS) is 5. The first-order valence-corrected chi connectivity index (χ1v) is 42.8. The summed E-state index contributed by atoms with van der Waals surface area (Å²) >= 11 is 0. The minimum absolute atomic E-state index is 0.0504. The molecule has 6 aromatic rings. The lowest BCUT2D eigenvalue weighted by Gasteiger charge is -2.41. The van der Waals surface area contributed by atoms with Crippen LogP contribution in [0.2, 0.25) is 0 Å². The van der Waals surface area contributed by atoms with Gasteiger partial charge in [0, 0.05) is 124 Å². The average Bonchev–Trinajstić information content (AvgIpc) is 1.64. The van der Waals surface area contributed by atoms with E-state index in [-0.39, 0.29) is 46.7 Å². The molecule has 10 atom stereocenters. The number of hydrogen-bond acceptors (Lipinski definition) is 21.